The highest BCUT2D eigenvalue weighted by Crippen LogP contribution is 2.04. The third-order valence-corrected chi connectivity index (χ3v) is 2.03. The van der Waals surface area contributed by atoms with Crippen LogP contribution >= 0.6 is 0 Å². The fourth-order valence-corrected chi connectivity index (χ4v) is 1.20. The quantitative estimate of drug-likeness (QED) is 0.473. The monoisotopic (exact) mass is 223 g/mol. The number of hydroxylamine groups is 1. The van der Waals surface area contributed by atoms with Gasteiger partial charge in [0.15, 0.2) is 0 Å². The van der Waals surface area contributed by atoms with E-state index in [0.717, 1.165) is 6.07 Å². The van der Waals surface area contributed by atoms with Crippen LogP contribution < -0.4 is 17.4 Å². The molecule has 0 aliphatic rings. The van der Waals surface area contributed by atoms with Crippen molar-refractivity contribution < 1.29 is 17.5 Å². The number of nitrogens with zero attached hydrogens (tertiary/aromatic N) is 1. The van der Waals surface area contributed by atoms with Gasteiger partial charge in [-0.15, -0.1) is 4.28 Å². The van der Waals surface area contributed by atoms with Crippen molar-refractivity contribution >= 4 is 16.1 Å². The van der Waals surface area contributed by atoms with Gasteiger partial charge < -0.3 is 11.9 Å². The fraction of sp³-hybridized carbons (Fsp3) is 0. The average Bonchev–Trinajstić information content (AvgIpc) is 2.53. The second-order valence-corrected chi connectivity index (χ2v) is 3.41. The Kier molecular flexibility index (Phi) is 4.01. The van der Waals surface area contributed by atoms with Crippen LogP contribution in [0.15, 0.2) is 17.3 Å². The van der Waals surface area contributed by atoms with Crippen molar-refractivity contribution in [1.82, 2.24) is 21.8 Å². The molecule has 0 bridgehead atoms. The minimum Gasteiger partial charge on any atom is -0.350 e. The maximum Gasteiger partial charge on any atom is 0.337 e. The Morgan fingerprint density at radius 2 is 2.29 bits per heavy atom. The first-order valence-electron chi connectivity index (χ1n) is 3.01. The average molecular weight is 223 g/mol. The van der Waals surface area contributed by atoms with Crippen LogP contribution in [-0.2, 0) is 14.4 Å². The Morgan fingerprint density at radius 1 is 1.64 bits per heavy atom. The summed E-state index contributed by atoms with van der Waals surface area (Å²) in [6.07, 6.45) is 1.29. The summed E-state index contributed by atoms with van der Waals surface area (Å²) >= 11 is 0. The third kappa shape index (κ3) is 3.01. The molecule has 0 saturated heterocycles. The number of H-pyrrole nitrogens is 1. The SMILES string of the molecule is N.NC(=O)NOS(=O)(=O)c1cc[nH]n1. The molecule has 1 aromatic heterocycles. The van der Waals surface area contributed by atoms with E-state index in [1.54, 1.807) is 0 Å². The summed E-state index contributed by atoms with van der Waals surface area (Å²) in [6, 6.07) is 0.0528. The topological polar surface area (TPSA) is 162 Å². The Morgan fingerprint density at radius 3 is 2.71 bits per heavy atom. The number of carbonyl (C=O) groups excluding carboxylic acids is 1. The van der Waals surface area contributed by atoms with E-state index in [-0.39, 0.29) is 11.2 Å². The minimum absolute atomic E-state index is 0. The summed E-state index contributed by atoms with van der Waals surface area (Å²) in [6.45, 7) is 0. The summed E-state index contributed by atoms with van der Waals surface area (Å²) in [4.78, 5) is 10.1. The number of nitrogens with two attached hydrogens (primary N) is 1. The second-order valence-electron chi connectivity index (χ2n) is 1.92. The molecule has 0 unspecified atom stereocenters. The van der Waals surface area contributed by atoms with E-state index in [0.29, 0.717) is 0 Å². The molecule has 2 amide bonds. The second kappa shape index (κ2) is 4.55. The van der Waals surface area contributed by atoms with Crippen molar-refractivity contribution in [2.75, 3.05) is 0 Å². The predicted octanol–water partition coefficient (Wildman–Crippen LogP) is -1.14. The first-order valence-corrected chi connectivity index (χ1v) is 4.42. The van der Waals surface area contributed by atoms with E-state index in [9.17, 15) is 13.2 Å². The summed E-state index contributed by atoms with van der Waals surface area (Å²) in [5, 5.41) is 5.26. The minimum atomic E-state index is -4.07. The zero-order valence-corrected chi connectivity index (χ0v) is 7.74. The van der Waals surface area contributed by atoms with Gasteiger partial charge in [0, 0.05) is 6.20 Å². The summed E-state index contributed by atoms with van der Waals surface area (Å²) in [7, 11) is -4.07. The van der Waals surface area contributed by atoms with E-state index in [1.165, 1.54) is 11.7 Å². The Bertz CT molecular complexity index is 384. The largest absolute Gasteiger partial charge is 0.350 e. The van der Waals surface area contributed by atoms with Gasteiger partial charge in [-0.3, -0.25) is 5.10 Å². The van der Waals surface area contributed by atoms with Gasteiger partial charge >= 0.3 is 16.1 Å². The van der Waals surface area contributed by atoms with Crippen molar-refractivity contribution in [3.05, 3.63) is 12.3 Å². The van der Waals surface area contributed by atoms with Gasteiger partial charge in [0.05, 0.1) is 0 Å². The lowest BCUT2D eigenvalue weighted by Crippen LogP contribution is -2.31. The van der Waals surface area contributed by atoms with Gasteiger partial charge in [-0.1, -0.05) is 0 Å². The normalized spacial score (nSPS) is 10.3. The van der Waals surface area contributed by atoms with Crippen LogP contribution in [0.5, 0.6) is 0 Å². The van der Waals surface area contributed by atoms with E-state index in [4.69, 9.17) is 0 Å². The molecule has 14 heavy (non-hydrogen) atoms. The van der Waals surface area contributed by atoms with Crippen molar-refractivity contribution in [2.45, 2.75) is 5.03 Å². The van der Waals surface area contributed by atoms with Crippen LogP contribution in [0.3, 0.4) is 0 Å². The van der Waals surface area contributed by atoms with Crippen LogP contribution in [0.4, 0.5) is 4.79 Å². The highest BCUT2D eigenvalue weighted by Gasteiger charge is 2.18. The van der Waals surface area contributed by atoms with Crippen molar-refractivity contribution in [3.8, 4) is 0 Å². The molecule has 0 spiro atoms. The fourth-order valence-electron chi connectivity index (χ4n) is 0.525. The summed E-state index contributed by atoms with van der Waals surface area (Å²) < 4.78 is 26.0. The van der Waals surface area contributed by atoms with Crippen LogP contribution in [0.1, 0.15) is 0 Å². The van der Waals surface area contributed by atoms with Gasteiger partial charge in [0.25, 0.3) is 0 Å². The van der Waals surface area contributed by atoms with Crippen LogP contribution in [-0.4, -0.2) is 24.6 Å². The number of aromatic amines is 1. The number of aromatic nitrogens is 2. The summed E-state index contributed by atoms with van der Waals surface area (Å²) in [5.41, 5.74) is 6.06. The zero-order chi connectivity index (χ0) is 9.90. The molecule has 0 aliphatic carbocycles. The molecule has 0 aliphatic heterocycles. The molecule has 1 heterocycles. The van der Waals surface area contributed by atoms with Crippen LogP contribution in [0, 0.1) is 0 Å². The van der Waals surface area contributed by atoms with Gasteiger partial charge in [0.1, 0.15) is 0 Å². The maximum atomic E-state index is 11.0. The molecule has 10 heteroatoms. The molecule has 9 nitrogen and oxygen atoms in total. The van der Waals surface area contributed by atoms with Crippen LogP contribution in [0.2, 0.25) is 0 Å². The highest BCUT2D eigenvalue weighted by molar-refractivity contribution is 7.86. The molecule has 0 saturated carbocycles. The Hall–Kier alpha value is -1.65. The molecule has 0 aromatic carbocycles. The van der Waals surface area contributed by atoms with E-state index in [2.05, 4.69) is 20.2 Å². The number of hydrogen-bond acceptors (Lipinski definition) is 6. The van der Waals surface area contributed by atoms with E-state index in [1.807, 2.05) is 0 Å². The molecule has 0 radical (unpaired) electrons. The number of primary amides is 1. The number of urea groups is 1. The Balaban J connectivity index is 0.00000169. The molecule has 80 valence electrons. The van der Waals surface area contributed by atoms with Gasteiger partial charge in [-0.05, 0) is 6.07 Å². The molecule has 1 rings (SSSR count). The Labute approximate surface area is 79.3 Å². The predicted molar refractivity (Wildman–Crippen MR) is 44.6 cm³/mol. The number of rotatable bonds is 3. The highest BCUT2D eigenvalue weighted by atomic mass is 32.2. The number of amides is 2. The first kappa shape index (κ1) is 12.3. The molecule has 0 fully saturated rings. The number of nitrogens with one attached hydrogen (secondary N) is 2. The smallest absolute Gasteiger partial charge is 0.337 e. The molecular weight excluding hydrogens is 214 g/mol. The molecular formula is C4H9N5O4S. The van der Waals surface area contributed by atoms with E-state index < -0.39 is 16.1 Å². The molecule has 1 aromatic rings. The summed E-state index contributed by atoms with van der Waals surface area (Å²) in [5.74, 6) is 0. The van der Waals surface area contributed by atoms with Gasteiger partial charge in [-0.2, -0.15) is 19.0 Å². The standard InChI is InChI=1S/C4H6N4O4S.H3N/c5-4(9)8-12-13(10,11)3-1-2-6-7-3;/h1-2H,(H,6,7)(H3,5,8,9);1H3. The van der Waals surface area contributed by atoms with Crippen molar-refractivity contribution in [1.29, 1.82) is 0 Å². The first-order chi connectivity index (χ1) is 6.02. The van der Waals surface area contributed by atoms with Crippen molar-refractivity contribution in [2.24, 2.45) is 5.73 Å². The zero-order valence-electron chi connectivity index (χ0n) is 6.93. The molecule has 0 atom stereocenters. The van der Waals surface area contributed by atoms with Gasteiger partial charge in [0.2, 0.25) is 5.03 Å². The maximum absolute atomic E-state index is 11.0. The number of hydrogen-bond donors (Lipinski definition) is 4. The lowest BCUT2D eigenvalue weighted by molar-refractivity contribution is 0.189. The van der Waals surface area contributed by atoms with Crippen LogP contribution in [0.25, 0.3) is 0 Å². The van der Waals surface area contributed by atoms with Gasteiger partial charge in [-0.25, -0.2) is 4.79 Å². The lowest BCUT2D eigenvalue weighted by Gasteiger charge is -1.99. The molecule has 7 N–H and O–H groups in total. The lowest BCUT2D eigenvalue weighted by atomic mass is 10.8. The van der Waals surface area contributed by atoms with Crippen molar-refractivity contribution in [3.63, 3.8) is 0 Å². The number of carbonyl (C=O) groups is 1. The van der Waals surface area contributed by atoms with E-state index >= 15 is 0 Å². The third-order valence-electron chi connectivity index (χ3n) is 0.983.